The minimum Gasteiger partial charge on any atom is -0.320 e. The molecule has 20 heavy (non-hydrogen) atoms. The van der Waals surface area contributed by atoms with Gasteiger partial charge in [-0.15, -0.1) is 0 Å². The summed E-state index contributed by atoms with van der Waals surface area (Å²) >= 11 is 0. The van der Waals surface area contributed by atoms with Crippen LogP contribution in [-0.2, 0) is 7.05 Å². The number of benzene rings is 1. The molecular formula is C14H13FN4O. The van der Waals surface area contributed by atoms with Crippen molar-refractivity contribution in [2.24, 2.45) is 12.8 Å². The number of nitrogens with two attached hydrogens (primary N) is 1. The summed E-state index contributed by atoms with van der Waals surface area (Å²) < 4.78 is 15.3. The highest BCUT2D eigenvalue weighted by Crippen LogP contribution is 2.16. The molecule has 0 aliphatic heterocycles. The standard InChI is InChI=1S/C14H13FN4O/c1-19-8-6-13(18-19)14(20)17-12-5-4-10(3-2-7-16)9-11(12)15/h4-6,8-9H,7,16H2,1H3,(H,17,20). The van der Waals surface area contributed by atoms with E-state index in [1.807, 2.05) is 0 Å². The molecule has 2 rings (SSSR count). The minimum absolute atomic E-state index is 0.0824. The van der Waals surface area contributed by atoms with E-state index >= 15 is 0 Å². The Labute approximate surface area is 115 Å². The molecule has 3 N–H and O–H groups in total. The molecule has 1 amide bonds. The number of amides is 1. The molecule has 102 valence electrons. The molecule has 0 saturated heterocycles. The van der Waals surface area contributed by atoms with Crippen molar-refractivity contribution in [1.82, 2.24) is 9.78 Å². The summed E-state index contributed by atoms with van der Waals surface area (Å²) in [6.07, 6.45) is 1.64. The lowest BCUT2D eigenvalue weighted by Crippen LogP contribution is -2.14. The number of hydrogen-bond donors (Lipinski definition) is 2. The Morgan fingerprint density at radius 1 is 1.50 bits per heavy atom. The lowest BCUT2D eigenvalue weighted by atomic mass is 10.2. The van der Waals surface area contributed by atoms with E-state index < -0.39 is 11.7 Å². The van der Waals surface area contributed by atoms with Crippen molar-refractivity contribution < 1.29 is 9.18 Å². The molecule has 6 heteroatoms. The van der Waals surface area contributed by atoms with Crippen LogP contribution in [0.4, 0.5) is 10.1 Å². The second kappa shape index (κ2) is 5.99. The predicted molar refractivity (Wildman–Crippen MR) is 73.5 cm³/mol. The van der Waals surface area contributed by atoms with Crippen molar-refractivity contribution >= 4 is 11.6 Å². The number of carbonyl (C=O) groups excluding carboxylic acids is 1. The molecule has 1 aromatic carbocycles. The molecule has 0 saturated carbocycles. The van der Waals surface area contributed by atoms with Crippen molar-refractivity contribution in [2.45, 2.75) is 0 Å². The van der Waals surface area contributed by atoms with Crippen LogP contribution in [0.25, 0.3) is 0 Å². The fraction of sp³-hybridized carbons (Fsp3) is 0.143. The molecule has 0 atom stereocenters. The lowest BCUT2D eigenvalue weighted by Gasteiger charge is -2.05. The first kappa shape index (κ1) is 13.8. The van der Waals surface area contributed by atoms with E-state index in [9.17, 15) is 9.18 Å². The van der Waals surface area contributed by atoms with E-state index in [4.69, 9.17) is 5.73 Å². The van der Waals surface area contributed by atoms with Gasteiger partial charge in [-0.25, -0.2) is 4.39 Å². The zero-order chi connectivity index (χ0) is 14.5. The molecule has 1 aromatic heterocycles. The Morgan fingerprint density at radius 3 is 2.90 bits per heavy atom. The van der Waals surface area contributed by atoms with Gasteiger partial charge in [-0.2, -0.15) is 5.10 Å². The molecule has 0 fully saturated rings. The number of hydrogen-bond acceptors (Lipinski definition) is 3. The van der Waals surface area contributed by atoms with Crippen molar-refractivity contribution in [3.8, 4) is 11.8 Å². The number of anilines is 1. The Morgan fingerprint density at radius 2 is 2.30 bits per heavy atom. The van der Waals surface area contributed by atoms with Crippen molar-refractivity contribution in [2.75, 3.05) is 11.9 Å². The highest BCUT2D eigenvalue weighted by molar-refractivity contribution is 6.02. The molecule has 1 heterocycles. The summed E-state index contributed by atoms with van der Waals surface area (Å²) in [6.45, 7) is 0.208. The maximum atomic E-state index is 13.8. The number of nitrogens with zero attached hydrogens (tertiary/aromatic N) is 2. The number of aromatic nitrogens is 2. The Kier molecular flexibility index (Phi) is 4.13. The van der Waals surface area contributed by atoms with Gasteiger partial charge >= 0.3 is 0 Å². The molecular weight excluding hydrogens is 259 g/mol. The van der Waals surface area contributed by atoms with Gasteiger partial charge in [-0.3, -0.25) is 9.48 Å². The molecule has 0 aliphatic rings. The maximum absolute atomic E-state index is 13.8. The number of carbonyl (C=O) groups is 1. The first-order valence-corrected chi connectivity index (χ1v) is 5.89. The zero-order valence-electron chi connectivity index (χ0n) is 10.9. The van der Waals surface area contributed by atoms with Gasteiger partial charge in [0.1, 0.15) is 5.82 Å². The van der Waals surface area contributed by atoms with E-state index in [1.54, 1.807) is 25.4 Å². The summed E-state index contributed by atoms with van der Waals surface area (Å²) in [5, 5.41) is 6.40. The van der Waals surface area contributed by atoms with Crippen molar-refractivity contribution in [1.29, 1.82) is 0 Å². The van der Waals surface area contributed by atoms with Crippen LogP contribution in [-0.4, -0.2) is 22.2 Å². The van der Waals surface area contributed by atoms with Gasteiger partial charge in [0.2, 0.25) is 0 Å². The monoisotopic (exact) mass is 272 g/mol. The van der Waals surface area contributed by atoms with Crippen LogP contribution in [0.1, 0.15) is 16.1 Å². The molecule has 0 unspecified atom stereocenters. The second-order valence-electron chi connectivity index (χ2n) is 4.03. The first-order chi connectivity index (χ1) is 9.60. The van der Waals surface area contributed by atoms with Crippen LogP contribution in [0, 0.1) is 17.7 Å². The molecule has 5 nitrogen and oxygen atoms in total. The number of halogens is 1. The first-order valence-electron chi connectivity index (χ1n) is 5.89. The normalized spacial score (nSPS) is 9.75. The van der Waals surface area contributed by atoms with Crippen LogP contribution >= 0.6 is 0 Å². The highest BCUT2D eigenvalue weighted by Gasteiger charge is 2.11. The van der Waals surface area contributed by atoms with Gasteiger partial charge in [-0.05, 0) is 24.3 Å². The average molecular weight is 272 g/mol. The summed E-state index contributed by atoms with van der Waals surface area (Å²) in [6, 6.07) is 5.86. The van der Waals surface area contributed by atoms with E-state index in [0.29, 0.717) is 5.56 Å². The lowest BCUT2D eigenvalue weighted by molar-refractivity contribution is 0.102. The summed E-state index contributed by atoms with van der Waals surface area (Å²) in [5.41, 5.74) is 6.05. The van der Waals surface area contributed by atoms with Crippen LogP contribution in [0.2, 0.25) is 0 Å². The predicted octanol–water partition coefficient (Wildman–Crippen LogP) is 1.12. The van der Waals surface area contributed by atoms with Crippen LogP contribution in [0.15, 0.2) is 30.5 Å². The summed E-state index contributed by atoms with van der Waals surface area (Å²) in [7, 11) is 1.70. The van der Waals surface area contributed by atoms with Gasteiger partial charge in [0.15, 0.2) is 5.69 Å². The maximum Gasteiger partial charge on any atom is 0.276 e. The Bertz CT molecular complexity index is 697. The minimum atomic E-state index is -0.557. The third kappa shape index (κ3) is 3.22. The molecule has 0 spiro atoms. The molecule has 0 bridgehead atoms. The van der Waals surface area contributed by atoms with Gasteiger partial charge in [0.25, 0.3) is 5.91 Å². The largest absolute Gasteiger partial charge is 0.320 e. The van der Waals surface area contributed by atoms with E-state index in [-0.39, 0.29) is 17.9 Å². The van der Waals surface area contributed by atoms with E-state index in [1.165, 1.54) is 16.8 Å². The topological polar surface area (TPSA) is 72.9 Å². The van der Waals surface area contributed by atoms with Crippen LogP contribution < -0.4 is 11.1 Å². The molecule has 2 aromatic rings. The number of aryl methyl sites for hydroxylation is 1. The fourth-order valence-corrected chi connectivity index (χ4v) is 1.57. The average Bonchev–Trinajstić information content (AvgIpc) is 2.86. The highest BCUT2D eigenvalue weighted by atomic mass is 19.1. The quantitative estimate of drug-likeness (QED) is 0.805. The Balaban J connectivity index is 2.16. The summed E-state index contributed by atoms with van der Waals surface area (Å²) in [4.78, 5) is 11.8. The van der Waals surface area contributed by atoms with Crippen LogP contribution in [0.5, 0.6) is 0 Å². The second-order valence-corrected chi connectivity index (χ2v) is 4.03. The number of rotatable bonds is 2. The molecule has 0 aliphatic carbocycles. The van der Waals surface area contributed by atoms with Crippen LogP contribution in [0.3, 0.4) is 0 Å². The van der Waals surface area contributed by atoms with Gasteiger partial charge < -0.3 is 11.1 Å². The summed E-state index contributed by atoms with van der Waals surface area (Å²) in [5.74, 6) is 4.32. The SMILES string of the molecule is Cn1ccc(C(=O)Nc2ccc(C#CCN)cc2F)n1. The third-order valence-corrected chi connectivity index (χ3v) is 2.50. The van der Waals surface area contributed by atoms with E-state index in [2.05, 4.69) is 22.3 Å². The Hall–Kier alpha value is -2.65. The van der Waals surface area contributed by atoms with Crippen molar-refractivity contribution in [3.05, 3.63) is 47.5 Å². The third-order valence-electron chi connectivity index (χ3n) is 2.50. The van der Waals surface area contributed by atoms with Crippen molar-refractivity contribution in [3.63, 3.8) is 0 Å². The zero-order valence-corrected chi connectivity index (χ0v) is 10.9. The molecule has 0 radical (unpaired) electrons. The number of nitrogens with one attached hydrogen (secondary N) is 1. The van der Waals surface area contributed by atoms with Gasteiger partial charge in [-0.1, -0.05) is 11.8 Å². The van der Waals surface area contributed by atoms with E-state index in [0.717, 1.165) is 0 Å². The van der Waals surface area contributed by atoms with Gasteiger partial charge in [0, 0.05) is 18.8 Å². The van der Waals surface area contributed by atoms with Gasteiger partial charge in [0.05, 0.1) is 12.2 Å². The fourth-order valence-electron chi connectivity index (χ4n) is 1.57. The smallest absolute Gasteiger partial charge is 0.276 e.